The summed E-state index contributed by atoms with van der Waals surface area (Å²) in [6.07, 6.45) is 0.858. The fraction of sp³-hybridized carbons (Fsp3) is 0.433. The van der Waals surface area contributed by atoms with Gasteiger partial charge in [-0.05, 0) is 49.1 Å². The smallest absolute Gasteiger partial charge is 0.478 e. The van der Waals surface area contributed by atoms with Gasteiger partial charge in [-0.1, -0.05) is 55.7 Å². The number of rotatable bonds is 5. The van der Waals surface area contributed by atoms with Crippen molar-refractivity contribution in [1.29, 1.82) is 0 Å². The molecule has 1 aliphatic carbocycles. The maximum Gasteiger partial charge on any atom is 0.490 e. The molecule has 2 heterocycles. The van der Waals surface area contributed by atoms with E-state index in [0.29, 0.717) is 5.92 Å². The van der Waals surface area contributed by atoms with Crippen LogP contribution in [0.1, 0.15) is 53.9 Å². The number of amides is 1. The highest BCUT2D eigenvalue weighted by Crippen LogP contribution is 2.44. The Bertz CT molecular complexity index is 1390. The average molecular weight is 574 g/mol. The molecule has 11 heteroatoms. The number of nitrogens with zero attached hydrogens (tertiary/aromatic N) is 3. The van der Waals surface area contributed by atoms with Gasteiger partial charge < -0.3 is 24.6 Å². The fourth-order valence-corrected chi connectivity index (χ4v) is 5.68. The average Bonchev–Trinajstić information content (AvgIpc) is 3.27. The van der Waals surface area contributed by atoms with Crippen molar-refractivity contribution in [1.82, 2.24) is 14.4 Å². The molecule has 0 atom stereocenters. The van der Waals surface area contributed by atoms with Crippen molar-refractivity contribution in [3.8, 4) is 11.3 Å². The third-order valence-electron chi connectivity index (χ3n) is 7.80. The van der Waals surface area contributed by atoms with Gasteiger partial charge in [0.05, 0.1) is 16.8 Å². The minimum Gasteiger partial charge on any atom is -0.478 e. The van der Waals surface area contributed by atoms with E-state index in [0.717, 1.165) is 61.2 Å². The second kappa shape index (κ2) is 12.8. The first-order valence-corrected chi connectivity index (χ1v) is 13.7. The van der Waals surface area contributed by atoms with Crippen molar-refractivity contribution in [3.05, 3.63) is 59.7 Å². The van der Waals surface area contributed by atoms with Gasteiger partial charge >= 0.3 is 18.1 Å². The monoisotopic (exact) mass is 573 g/mol. The number of piperazine rings is 1. The number of benzene rings is 2. The van der Waals surface area contributed by atoms with Crippen LogP contribution in [0.25, 0.3) is 22.2 Å². The lowest BCUT2D eigenvalue weighted by Crippen LogP contribution is -2.48. The van der Waals surface area contributed by atoms with Crippen LogP contribution in [0.15, 0.2) is 48.5 Å². The molecule has 1 saturated carbocycles. The summed E-state index contributed by atoms with van der Waals surface area (Å²) in [5.74, 6) is -3.19. The minimum atomic E-state index is -5.08. The molecule has 220 valence electrons. The Morgan fingerprint density at radius 2 is 1.51 bits per heavy atom. The molecule has 41 heavy (non-hydrogen) atoms. The number of fused-ring (bicyclic) bond motifs is 1. The number of aromatic nitrogens is 1. The number of carboxylic acid groups (broad SMARTS) is 2. The fourth-order valence-electron chi connectivity index (χ4n) is 5.68. The van der Waals surface area contributed by atoms with Crippen molar-refractivity contribution in [2.45, 2.75) is 50.7 Å². The predicted octanol–water partition coefficient (Wildman–Crippen LogP) is 5.46. The molecule has 1 aromatic heterocycles. The molecule has 0 bridgehead atoms. The number of hydrogen-bond acceptors (Lipinski definition) is 4. The second-order valence-corrected chi connectivity index (χ2v) is 10.6. The summed E-state index contributed by atoms with van der Waals surface area (Å²) in [6.45, 7) is 3.43. The van der Waals surface area contributed by atoms with Crippen molar-refractivity contribution >= 4 is 28.7 Å². The number of hydrogen-bond donors (Lipinski definition) is 2. The molecule has 1 aliphatic heterocycles. The zero-order chi connectivity index (χ0) is 29.7. The van der Waals surface area contributed by atoms with E-state index in [1.54, 1.807) is 12.1 Å². The van der Waals surface area contributed by atoms with Crippen LogP contribution in [0.3, 0.4) is 0 Å². The highest BCUT2D eigenvalue weighted by molar-refractivity contribution is 5.99. The van der Waals surface area contributed by atoms with Crippen LogP contribution >= 0.6 is 0 Å². The number of carboxylic acids is 2. The topological polar surface area (TPSA) is 103 Å². The Kier molecular flexibility index (Phi) is 9.37. The summed E-state index contributed by atoms with van der Waals surface area (Å²) in [4.78, 5) is 38.4. The molecule has 8 nitrogen and oxygen atoms in total. The summed E-state index contributed by atoms with van der Waals surface area (Å²) in [6, 6.07) is 15.7. The van der Waals surface area contributed by atoms with Gasteiger partial charge in [-0.25, -0.2) is 9.59 Å². The van der Waals surface area contributed by atoms with Gasteiger partial charge in [0.1, 0.15) is 6.54 Å². The van der Waals surface area contributed by atoms with E-state index in [9.17, 15) is 27.9 Å². The third-order valence-corrected chi connectivity index (χ3v) is 7.80. The molecule has 2 N–H and O–H groups in total. The summed E-state index contributed by atoms with van der Waals surface area (Å²) in [7, 11) is 2.08. The van der Waals surface area contributed by atoms with Crippen LogP contribution in [-0.4, -0.2) is 81.8 Å². The molecule has 5 rings (SSSR count). The van der Waals surface area contributed by atoms with Gasteiger partial charge in [-0.15, -0.1) is 0 Å². The number of likely N-dealkylation sites (N-methyl/N-ethyl adjacent to an activating group) is 1. The molecule has 2 fully saturated rings. The molecule has 2 aliphatic rings. The molecule has 0 unspecified atom stereocenters. The largest absolute Gasteiger partial charge is 0.490 e. The van der Waals surface area contributed by atoms with Crippen molar-refractivity contribution < 1.29 is 37.8 Å². The highest BCUT2D eigenvalue weighted by atomic mass is 19.4. The van der Waals surface area contributed by atoms with Gasteiger partial charge in [-0.2, -0.15) is 13.2 Å². The van der Waals surface area contributed by atoms with E-state index in [4.69, 9.17) is 9.90 Å². The van der Waals surface area contributed by atoms with E-state index < -0.39 is 18.1 Å². The molecule has 0 radical (unpaired) electrons. The van der Waals surface area contributed by atoms with Gasteiger partial charge in [0.25, 0.3) is 0 Å². The van der Waals surface area contributed by atoms with E-state index in [-0.39, 0.29) is 18.0 Å². The first-order chi connectivity index (χ1) is 19.5. The van der Waals surface area contributed by atoms with Crippen molar-refractivity contribution in [2.24, 2.45) is 0 Å². The molecule has 2 aromatic carbocycles. The first kappa shape index (κ1) is 30.1. The number of halogens is 3. The Morgan fingerprint density at radius 1 is 0.902 bits per heavy atom. The molecular weight excluding hydrogens is 539 g/mol. The van der Waals surface area contributed by atoms with E-state index in [2.05, 4.69) is 28.6 Å². The number of carbonyl (C=O) groups excluding carboxylic acids is 1. The zero-order valence-electron chi connectivity index (χ0n) is 22.9. The first-order valence-electron chi connectivity index (χ1n) is 13.7. The Labute approximate surface area is 236 Å². The molecular formula is C30H34F3N3O5. The SMILES string of the molecule is CN1CCN(C(=O)Cn2c(-c3ccccc3)c(C3CCCCC3)c3ccc(C(=O)O)cc32)CC1.O=C(O)C(F)(F)F. The summed E-state index contributed by atoms with van der Waals surface area (Å²) in [5, 5.41) is 17.9. The van der Waals surface area contributed by atoms with Crippen molar-refractivity contribution in [3.63, 3.8) is 0 Å². The normalized spacial score (nSPS) is 16.7. The Balaban J connectivity index is 0.000000493. The molecule has 1 amide bonds. The van der Waals surface area contributed by atoms with E-state index >= 15 is 0 Å². The van der Waals surface area contributed by atoms with Crippen LogP contribution in [0.4, 0.5) is 13.2 Å². The zero-order valence-corrected chi connectivity index (χ0v) is 22.9. The lowest BCUT2D eigenvalue weighted by atomic mass is 9.82. The van der Waals surface area contributed by atoms with Crippen LogP contribution in [0.2, 0.25) is 0 Å². The quantitative estimate of drug-likeness (QED) is 0.420. The number of aromatic carboxylic acids is 1. The van der Waals surface area contributed by atoms with Gasteiger partial charge in [0.15, 0.2) is 0 Å². The Hall–Kier alpha value is -3.86. The standard InChI is InChI=1S/C28H33N3O3.C2HF3O2/c1-29-14-16-30(17-15-29)25(32)19-31-24-18-22(28(33)34)12-13-23(24)26(20-8-4-2-5-9-20)27(31)21-10-6-3-7-11-21;3-2(4,5)1(6)7/h3,6-7,10-13,18,20H,2,4-5,8-9,14-17,19H2,1H3,(H,33,34);(H,6,7). The lowest BCUT2D eigenvalue weighted by molar-refractivity contribution is -0.192. The number of alkyl halides is 3. The number of carbonyl (C=O) groups is 3. The maximum atomic E-state index is 13.5. The third kappa shape index (κ3) is 7.08. The van der Waals surface area contributed by atoms with Gasteiger partial charge in [-0.3, -0.25) is 4.79 Å². The van der Waals surface area contributed by atoms with Crippen LogP contribution in [0.5, 0.6) is 0 Å². The summed E-state index contributed by atoms with van der Waals surface area (Å²) >= 11 is 0. The van der Waals surface area contributed by atoms with Crippen LogP contribution in [-0.2, 0) is 16.1 Å². The lowest BCUT2D eigenvalue weighted by Gasteiger charge is -2.32. The minimum absolute atomic E-state index is 0.0955. The van der Waals surface area contributed by atoms with Crippen LogP contribution < -0.4 is 0 Å². The molecule has 1 saturated heterocycles. The molecule has 3 aromatic rings. The van der Waals surface area contributed by atoms with E-state index in [1.165, 1.54) is 24.8 Å². The van der Waals surface area contributed by atoms with Gasteiger partial charge in [0, 0.05) is 31.6 Å². The second-order valence-electron chi connectivity index (χ2n) is 10.6. The van der Waals surface area contributed by atoms with Gasteiger partial charge in [0.2, 0.25) is 5.91 Å². The van der Waals surface area contributed by atoms with Crippen molar-refractivity contribution in [2.75, 3.05) is 33.2 Å². The van der Waals surface area contributed by atoms with Crippen LogP contribution in [0, 0.1) is 0 Å². The summed E-state index contributed by atoms with van der Waals surface area (Å²) < 4.78 is 33.8. The van der Waals surface area contributed by atoms with E-state index in [1.807, 2.05) is 29.2 Å². The molecule has 0 spiro atoms. The highest BCUT2D eigenvalue weighted by Gasteiger charge is 2.38. The maximum absolute atomic E-state index is 13.5. The Morgan fingerprint density at radius 3 is 2.07 bits per heavy atom. The predicted molar refractivity (Wildman–Crippen MR) is 148 cm³/mol. The summed E-state index contributed by atoms with van der Waals surface area (Å²) in [5.41, 5.74) is 4.55. The number of aliphatic carboxylic acids is 1.